The molecule has 0 bridgehead atoms. The summed E-state index contributed by atoms with van der Waals surface area (Å²) in [6.07, 6.45) is 0. The number of H-pyrrole nitrogens is 1. The Labute approximate surface area is 92.9 Å². The number of aliphatic hydroxyl groups is 1. The molecular formula is C12H15N2O2+. The Balaban J connectivity index is 2.31. The maximum Gasteiger partial charge on any atom is 0.257 e. The molecule has 2 rings (SSSR count). The number of aromatic nitrogens is 1. The van der Waals surface area contributed by atoms with Crippen molar-refractivity contribution in [2.24, 2.45) is 0 Å². The summed E-state index contributed by atoms with van der Waals surface area (Å²) in [6.45, 7) is 1.35. The van der Waals surface area contributed by atoms with Gasteiger partial charge in [0.15, 0.2) is 0 Å². The first-order chi connectivity index (χ1) is 7.81. The molecule has 0 radical (unpaired) electrons. The summed E-state index contributed by atoms with van der Waals surface area (Å²) in [7, 11) is 0. The summed E-state index contributed by atoms with van der Waals surface area (Å²) in [4.78, 5) is 14.5. The van der Waals surface area contributed by atoms with Gasteiger partial charge in [0, 0.05) is 5.52 Å². The van der Waals surface area contributed by atoms with Gasteiger partial charge in [0.05, 0.1) is 18.7 Å². The zero-order valence-electron chi connectivity index (χ0n) is 8.94. The molecule has 4 N–H and O–H groups in total. The molecular weight excluding hydrogens is 204 g/mol. The van der Waals surface area contributed by atoms with E-state index in [1.54, 1.807) is 0 Å². The van der Waals surface area contributed by atoms with Crippen LogP contribution in [0, 0.1) is 0 Å². The summed E-state index contributed by atoms with van der Waals surface area (Å²) >= 11 is 0. The van der Waals surface area contributed by atoms with Crippen molar-refractivity contribution in [3.05, 3.63) is 46.2 Å². The normalized spacial score (nSPS) is 10.8. The van der Waals surface area contributed by atoms with Crippen molar-refractivity contribution in [3.63, 3.8) is 0 Å². The average Bonchev–Trinajstić information content (AvgIpc) is 2.30. The Hall–Kier alpha value is -1.65. The number of benzene rings is 1. The summed E-state index contributed by atoms with van der Waals surface area (Å²) in [5.41, 5.74) is 1.55. The topological polar surface area (TPSA) is 69.7 Å². The Kier molecular flexibility index (Phi) is 3.34. The van der Waals surface area contributed by atoms with E-state index < -0.39 is 0 Å². The van der Waals surface area contributed by atoms with Gasteiger partial charge in [-0.1, -0.05) is 18.2 Å². The number of aromatic amines is 1. The zero-order chi connectivity index (χ0) is 11.4. The van der Waals surface area contributed by atoms with Crippen LogP contribution in [0.25, 0.3) is 10.9 Å². The summed E-state index contributed by atoms with van der Waals surface area (Å²) in [6, 6.07) is 9.61. The number of rotatable bonds is 4. The van der Waals surface area contributed by atoms with Crippen LogP contribution in [0.4, 0.5) is 0 Å². The molecule has 0 unspecified atom stereocenters. The molecule has 0 atom stereocenters. The van der Waals surface area contributed by atoms with E-state index >= 15 is 0 Å². The van der Waals surface area contributed by atoms with Gasteiger partial charge in [-0.2, -0.15) is 0 Å². The third-order valence-corrected chi connectivity index (χ3v) is 2.53. The van der Waals surface area contributed by atoms with Crippen molar-refractivity contribution in [2.45, 2.75) is 6.54 Å². The molecule has 84 valence electrons. The first-order valence-corrected chi connectivity index (χ1v) is 5.35. The maximum absolute atomic E-state index is 11.7. The molecule has 1 aromatic carbocycles. The lowest BCUT2D eigenvalue weighted by Gasteiger charge is -2.02. The highest BCUT2D eigenvalue weighted by Gasteiger charge is 2.03. The van der Waals surface area contributed by atoms with Crippen molar-refractivity contribution in [2.75, 3.05) is 13.2 Å². The minimum absolute atomic E-state index is 0.0483. The van der Waals surface area contributed by atoms with Gasteiger partial charge < -0.3 is 15.4 Å². The van der Waals surface area contributed by atoms with E-state index in [0.717, 1.165) is 16.5 Å². The molecule has 1 aromatic heterocycles. The molecule has 4 heteroatoms. The van der Waals surface area contributed by atoms with Crippen LogP contribution < -0.4 is 10.9 Å². The van der Waals surface area contributed by atoms with Crippen LogP contribution in [0.3, 0.4) is 0 Å². The number of nitrogens with one attached hydrogen (secondary N) is 1. The van der Waals surface area contributed by atoms with E-state index in [0.29, 0.717) is 13.1 Å². The monoisotopic (exact) mass is 219 g/mol. The third-order valence-electron chi connectivity index (χ3n) is 2.53. The SMILES string of the molecule is O=c1[nH]c2ccccc2cc1C[NH2+]CCO. The van der Waals surface area contributed by atoms with Crippen LogP contribution in [0.5, 0.6) is 0 Å². The molecule has 0 aliphatic heterocycles. The lowest BCUT2D eigenvalue weighted by molar-refractivity contribution is -0.671. The molecule has 0 aliphatic carbocycles. The highest BCUT2D eigenvalue weighted by atomic mass is 16.3. The van der Waals surface area contributed by atoms with Crippen LogP contribution in [0.1, 0.15) is 5.56 Å². The number of aliphatic hydroxyl groups excluding tert-OH is 1. The molecule has 0 amide bonds. The van der Waals surface area contributed by atoms with Crippen LogP contribution in [0.15, 0.2) is 35.1 Å². The standard InChI is InChI=1S/C12H14N2O2/c15-6-5-13-8-10-7-9-3-1-2-4-11(9)14-12(10)16/h1-4,7,13,15H,5-6,8H2,(H,14,16)/p+1. The summed E-state index contributed by atoms with van der Waals surface area (Å²) < 4.78 is 0. The van der Waals surface area contributed by atoms with Crippen LogP contribution in [0.2, 0.25) is 0 Å². The van der Waals surface area contributed by atoms with Gasteiger partial charge in [-0.15, -0.1) is 0 Å². The van der Waals surface area contributed by atoms with E-state index in [9.17, 15) is 4.79 Å². The van der Waals surface area contributed by atoms with E-state index in [4.69, 9.17) is 5.11 Å². The minimum Gasteiger partial charge on any atom is -0.391 e. The van der Waals surface area contributed by atoms with Gasteiger partial charge in [0.25, 0.3) is 5.56 Å². The molecule has 4 nitrogen and oxygen atoms in total. The predicted molar refractivity (Wildman–Crippen MR) is 62.2 cm³/mol. The molecule has 0 spiro atoms. The molecule has 0 fully saturated rings. The van der Waals surface area contributed by atoms with Crippen molar-refractivity contribution >= 4 is 10.9 Å². The Morgan fingerprint density at radius 1 is 1.31 bits per heavy atom. The van der Waals surface area contributed by atoms with Crippen LogP contribution in [-0.2, 0) is 6.54 Å². The van der Waals surface area contributed by atoms with Gasteiger partial charge in [0.1, 0.15) is 6.54 Å². The molecule has 0 saturated carbocycles. The summed E-state index contributed by atoms with van der Waals surface area (Å²) in [5, 5.41) is 11.6. The first kappa shape index (κ1) is 10.9. The second-order valence-electron chi connectivity index (χ2n) is 3.72. The number of quaternary nitrogens is 1. The third kappa shape index (κ3) is 2.29. The van der Waals surface area contributed by atoms with Gasteiger partial charge in [0.2, 0.25) is 0 Å². The number of nitrogens with two attached hydrogens (primary N) is 1. The van der Waals surface area contributed by atoms with Crippen molar-refractivity contribution in [1.82, 2.24) is 4.98 Å². The average molecular weight is 219 g/mol. The van der Waals surface area contributed by atoms with E-state index in [2.05, 4.69) is 4.98 Å². The van der Waals surface area contributed by atoms with Crippen LogP contribution >= 0.6 is 0 Å². The lowest BCUT2D eigenvalue weighted by Crippen LogP contribution is -2.83. The highest BCUT2D eigenvalue weighted by molar-refractivity contribution is 5.78. The second-order valence-corrected chi connectivity index (χ2v) is 3.72. The largest absolute Gasteiger partial charge is 0.391 e. The van der Waals surface area contributed by atoms with Crippen LogP contribution in [-0.4, -0.2) is 23.2 Å². The quantitative estimate of drug-likeness (QED) is 0.611. The summed E-state index contributed by atoms with van der Waals surface area (Å²) in [5.74, 6) is 0. The number of hydrogen-bond acceptors (Lipinski definition) is 2. The number of pyridine rings is 1. The van der Waals surface area contributed by atoms with E-state index in [1.807, 2.05) is 35.6 Å². The van der Waals surface area contributed by atoms with Crippen molar-refractivity contribution in [3.8, 4) is 0 Å². The molecule has 0 saturated heterocycles. The van der Waals surface area contributed by atoms with Crippen molar-refractivity contribution in [1.29, 1.82) is 0 Å². The van der Waals surface area contributed by atoms with Gasteiger partial charge in [-0.25, -0.2) is 0 Å². The smallest absolute Gasteiger partial charge is 0.257 e. The minimum atomic E-state index is -0.0483. The lowest BCUT2D eigenvalue weighted by atomic mass is 10.1. The molecule has 2 aromatic rings. The highest BCUT2D eigenvalue weighted by Crippen LogP contribution is 2.09. The predicted octanol–water partition coefficient (Wildman–Crippen LogP) is -0.416. The fourth-order valence-electron chi connectivity index (χ4n) is 1.69. The maximum atomic E-state index is 11.7. The number of fused-ring (bicyclic) bond motifs is 1. The fourth-order valence-corrected chi connectivity index (χ4v) is 1.69. The number of hydrogen-bond donors (Lipinski definition) is 3. The Morgan fingerprint density at radius 2 is 2.12 bits per heavy atom. The molecule has 16 heavy (non-hydrogen) atoms. The molecule has 1 heterocycles. The zero-order valence-corrected chi connectivity index (χ0v) is 8.94. The second kappa shape index (κ2) is 4.92. The van der Waals surface area contributed by atoms with Gasteiger partial charge in [-0.3, -0.25) is 4.79 Å². The molecule has 0 aliphatic rings. The van der Waals surface area contributed by atoms with Gasteiger partial charge >= 0.3 is 0 Å². The Bertz CT molecular complexity index is 534. The number of para-hydroxylation sites is 1. The van der Waals surface area contributed by atoms with Crippen molar-refractivity contribution < 1.29 is 10.4 Å². The first-order valence-electron chi connectivity index (χ1n) is 5.35. The van der Waals surface area contributed by atoms with E-state index in [-0.39, 0.29) is 12.2 Å². The van der Waals surface area contributed by atoms with E-state index in [1.165, 1.54) is 0 Å². The Morgan fingerprint density at radius 3 is 2.94 bits per heavy atom. The van der Waals surface area contributed by atoms with Gasteiger partial charge in [-0.05, 0) is 17.5 Å². The fraction of sp³-hybridized carbons (Fsp3) is 0.250.